The normalized spacial score (nSPS) is 10.7. The summed E-state index contributed by atoms with van der Waals surface area (Å²) in [6, 6.07) is 12.0. The summed E-state index contributed by atoms with van der Waals surface area (Å²) in [6.45, 7) is 2.91. The third kappa shape index (κ3) is 3.05. The van der Waals surface area contributed by atoms with Gasteiger partial charge in [0.25, 0.3) is 0 Å². The molecule has 0 atom stereocenters. The highest BCUT2D eigenvalue weighted by molar-refractivity contribution is 7.98. The van der Waals surface area contributed by atoms with Crippen LogP contribution in [0.1, 0.15) is 25.5 Å². The minimum absolute atomic E-state index is 0.295. The number of fused-ring (bicyclic) bond motifs is 1. The van der Waals surface area contributed by atoms with Gasteiger partial charge in [-0.2, -0.15) is 15.2 Å². The molecular weight excluding hydrogens is 320 g/mol. The molecule has 1 N–H and O–H groups in total. The number of anilines is 1. The van der Waals surface area contributed by atoms with Gasteiger partial charge in [-0.25, -0.2) is 4.98 Å². The van der Waals surface area contributed by atoms with Crippen LogP contribution in [-0.4, -0.2) is 32.3 Å². The molecule has 0 radical (unpaired) electrons. The summed E-state index contributed by atoms with van der Waals surface area (Å²) in [7, 11) is 0. The van der Waals surface area contributed by atoms with Crippen molar-refractivity contribution >= 4 is 28.9 Å². The van der Waals surface area contributed by atoms with Crippen LogP contribution in [0.5, 0.6) is 0 Å². The van der Waals surface area contributed by atoms with Gasteiger partial charge in [0.15, 0.2) is 16.5 Å². The Hall–Kier alpha value is -2.59. The number of aromatic nitrogens is 4. The van der Waals surface area contributed by atoms with Crippen LogP contribution >= 0.6 is 11.8 Å². The van der Waals surface area contributed by atoms with Gasteiger partial charge >= 0.3 is 0 Å². The van der Waals surface area contributed by atoms with Crippen LogP contribution in [0.3, 0.4) is 0 Å². The molecule has 0 amide bonds. The van der Waals surface area contributed by atoms with Crippen LogP contribution in [-0.2, 0) is 0 Å². The first-order chi connectivity index (χ1) is 11.8. The van der Waals surface area contributed by atoms with E-state index in [0.29, 0.717) is 22.8 Å². The van der Waals surface area contributed by atoms with E-state index in [1.54, 1.807) is 0 Å². The number of hydrogen-bond acceptors (Lipinski definition) is 6. The smallest absolute Gasteiger partial charge is 0.226 e. The summed E-state index contributed by atoms with van der Waals surface area (Å²) in [5.41, 5.74) is 2.44. The van der Waals surface area contributed by atoms with Gasteiger partial charge in [-0.05, 0) is 24.8 Å². The third-order valence-corrected chi connectivity index (χ3v) is 4.23. The Bertz CT molecular complexity index is 881. The monoisotopic (exact) mass is 338 g/mol. The lowest BCUT2D eigenvalue weighted by Crippen LogP contribution is -2.07. The second-order valence-corrected chi connectivity index (χ2v) is 6.00. The summed E-state index contributed by atoms with van der Waals surface area (Å²) < 4.78 is 1.97. The number of benzene rings is 1. The van der Waals surface area contributed by atoms with Crippen molar-refractivity contribution in [3.63, 3.8) is 0 Å². The molecule has 0 fully saturated rings. The van der Waals surface area contributed by atoms with E-state index in [1.807, 2.05) is 41.2 Å². The van der Waals surface area contributed by atoms with Crippen molar-refractivity contribution in [2.45, 2.75) is 24.9 Å². The minimum Gasteiger partial charge on any atom is -0.354 e. The molecule has 2 heterocycles. The molecule has 0 aliphatic carbocycles. The number of nitrogens with zero attached hydrogens (tertiary/aromatic N) is 5. The predicted octanol–water partition coefficient (Wildman–Crippen LogP) is 3.62. The molecule has 2 aromatic heterocycles. The average molecular weight is 338 g/mol. The fourth-order valence-corrected chi connectivity index (χ4v) is 2.98. The van der Waals surface area contributed by atoms with Crippen molar-refractivity contribution in [3.05, 3.63) is 36.0 Å². The SMILES string of the molecule is CCCCNc1nc(C#N)c2nc(SC)n(-c3ccccc3)c2n1. The average Bonchev–Trinajstić information content (AvgIpc) is 3.00. The molecule has 3 rings (SSSR count). The van der Waals surface area contributed by atoms with E-state index in [4.69, 9.17) is 0 Å². The molecule has 3 aromatic rings. The maximum absolute atomic E-state index is 9.45. The molecule has 0 aliphatic heterocycles. The first-order valence-corrected chi connectivity index (χ1v) is 9.04. The molecule has 0 bridgehead atoms. The quantitative estimate of drug-likeness (QED) is 0.546. The second kappa shape index (κ2) is 7.32. The van der Waals surface area contributed by atoms with Crippen LogP contribution in [0.15, 0.2) is 35.5 Å². The van der Waals surface area contributed by atoms with Gasteiger partial charge in [-0.1, -0.05) is 43.3 Å². The lowest BCUT2D eigenvalue weighted by molar-refractivity contribution is 0.826. The number of para-hydroxylation sites is 1. The van der Waals surface area contributed by atoms with Gasteiger partial charge < -0.3 is 5.32 Å². The lowest BCUT2D eigenvalue weighted by atomic mass is 10.3. The minimum atomic E-state index is 0.295. The Morgan fingerprint density at radius 2 is 2.00 bits per heavy atom. The zero-order valence-corrected chi connectivity index (χ0v) is 14.5. The molecule has 7 heteroatoms. The van der Waals surface area contributed by atoms with E-state index in [0.717, 1.165) is 30.2 Å². The van der Waals surface area contributed by atoms with E-state index in [2.05, 4.69) is 33.3 Å². The van der Waals surface area contributed by atoms with E-state index < -0.39 is 0 Å². The van der Waals surface area contributed by atoms with Crippen molar-refractivity contribution in [1.29, 1.82) is 5.26 Å². The highest BCUT2D eigenvalue weighted by atomic mass is 32.2. The number of nitrogens with one attached hydrogen (secondary N) is 1. The Labute approximate surface area is 145 Å². The molecule has 6 nitrogen and oxygen atoms in total. The van der Waals surface area contributed by atoms with Crippen LogP contribution in [0.25, 0.3) is 16.9 Å². The number of imidazole rings is 1. The molecule has 0 unspecified atom stereocenters. The third-order valence-electron chi connectivity index (χ3n) is 3.59. The van der Waals surface area contributed by atoms with E-state index in [1.165, 1.54) is 11.8 Å². The van der Waals surface area contributed by atoms with Crippen LogP contribution < -0.4 is 5.32 Å². The van der Waals surface area contributed by atoms with Gasteiger partial charge in [0, 0.05) is 12.2 Å². The first-order valence-electron chi connectivity index (χ1n) is 7.82. The summed E-state index contributed by atoms with van der Waals surface area (Å²) in [6.07, 6.45) is 4.07. The molecule has 0 aliphatic rings. The maximum atomic E-state index is 9.45. The summed E-state index contributed by atoms with van der Waals surface area (Å²) >= 11 is 1.52. The Morgan fingerprint density at radius 1 is 1.21 bits per heavy atom. The number of rotatable bonds is 6. The van der Waals surface area contributed by atoms with Gasteiger partial charge in [0.2, 0.25) is 5.95 Å². The van der Waals surface area contributed by atoms with Crippen molar-refractivity contribution in [2.24, 2.45) is 0 Å². The number of unbranched alkanes of at least 4 members (excludes halogenated alkanes) is 1. The fraction of sp³-hybridized carbons (Fsp3) is 0.294. The molecule has 1 aromatic carbocycles. The summed E-state index contributed by atoms with van der Waals surface area (Å²) in [5, 5.41) is 13.4. The van der Waals surface area contributed by atoms with E-state index >= 15 is 0 Å². The molecule has 24 heavy (non-hydrogen) atoms. The predicted molar refractivity (Wildman–Crippen MR) is 96.6 cm³/mol. The maximum Gasteiger partial charge on any atom is 0.226 e. The van der Waals surface area contributed by atoms with Crippen molar-refractivity contribution in [3.8, 4) is 11.8 Å². The van der Waals surface area contributed by atoms with Crippen molar-refractivity contribution < 1.29 is 0 Å². The van der Waals surface area contributed by atoms with Gasteiger partial charge in [0.1, 0.15) is 11.6 Å². The highest BCUT2D eigenvalue weighted by Crippen LogP contribution is 2.27. The number of thioether (sulfide) groups is 1. The summed E-state index contributed by atoms with van der Waals surface area (Å²) in [4.78, 5) is 13.5. The Balaban J connectivity index is 2.19. The second-order valence-electron chi connectivity index (χ2n) is 5.23. The topological polar surface area (TPSA) is 79.4 Å². The van der Waals surface area contributed by atoms with Crippen LogP contribution in [0, 0.1) is 11.3 Å². The molecule has 0 spiro atoms. The largest absolute Gasteiger partial charge is 0.354 e. The van der Waals surface area contributed by atoms with E-state index in [9.17, 15) is 5.26 Å². The lowest BCUT2D eigenvalue weighted by Gasteiger charge is -2.08. The highest BCUT2D eigenvalue weighted by Gasteiger charge is 2.18. The Kier molecular flexibility index (Phi) is 4.96. The standard InChI is InChI=1S/C17H18N6S/c1-3-4-10-19-16-20-13(11-18)14-15(22-16)23(17(21-14)24-2)12-8-6-5-7-9-12/h5-9H,3-4,10H2,1-2H3,(H,19,20,22). The molecule has 122 valence electrons. The van der Waals surface area contributed by atoms with Crippen LogP contribution in [0.2, 0.25) is 0 Å². The zero-order valence-electron chi connectivity index (χ0n) is 13.7. The van der Waals surface area contributed by atoms with Crippen molar-refractivity contribution in [2.75, 3.05) is 18.1 Å². The molecule has 0 saturated heterocycles. The Morgan fingerprint density at radius 3 is 2.67 bits per heavy atom. The van der Waals surface area contributed by atoms with Gasteiger partial charge in [-0.3, -0.25) is 4.57 Å². The first kappa shape index (κ1) is 16.3. The zero-order chi connectivity index (χ0) is 16.9. The number of nitriles is 1. The molecule has 0 saturated carbocycles. The van der Waals surface area contributed by atoms with Gasteiger partial charge in [-0.15, -0.1) is 0 Å². The van der Waals surface area contributed by atoms with Crippen LogP contribution in [0.4, 0.5) is 5.95 Å². The fourth-order valence-electron chi connectivity index (χ4n) is 2.42. The van der Waals surface area contributed by atoms with Crippen molar-refractivity contribution in [1.82, 2.24) is 19.5 Å². The molecular formula is C17H18N6S. The van der Waals surface area contributed by atoms with Gasteiger partial charge in [0.05, 0.1) is 0 Å². The number of hydrogen-bond donors (Lipinski definition) is 1. The summed E-state index contributed by atoms with van der Waals surface area (Å²) in [5.74, 6) is 0.470. The van der Waals surface area contributed by atoms with E-state index in [-0.39, 0.29) is 0 Å².